The van der Waals surface area contributed by atoms with Gasteiger partial charge in [0, 0.05) is 16.2 Å². The van der Waals surface area contributed by atoms with E-state index in [9.17, 15) is 0 Å². The molecule has 2 aromatic rings. The van der Waals surface area contributed by atoms with E-state index in [0.29, 0.717) is 6.04 Å². The zero-order chi connectivity index (χ0) is 14.1. The Labute approximate surface area is 129 Å². The van der Waals surface area contributed by atoms with Crippen molar-refractivity contribution in [3.8, 4) is 0 Å². The van der Waals surface area contributed by atoms with Gasteiger partial charge in [0.15, 0.2) is 0 Å². The van der Waals surface area contributed by atoms with E-state index in [2.05, 4.69) is 77.6 Å². The molecule has 3 rings (SSSR count). The Bertz CT molecular complexity index is 597. The molecule has 0 aliphatic heterocycles. The highest BCUT2D eigenvalue weighted by molar-refractivity contribution is 9.10. The molecule has 1 aliphatic carbocycles. The van der Waals surface area contributed by atoms with Crippen molar-refractivity contribution in [2.45, 2.75) is 38.6 Å². The minimum absolute atomic E-state index is 0.597. The first kappa shape index (κ1) is 13.7. The SMILES string of the molecule is Cc1ccc(C2CC(Nc3cccc(C)c3Br)C2)cc1. The quantitative estimate of drug-likeness (QED) is 0.792. The lowest BCUT2D eigenvalue weighted by Crippen LogP contribution is -2.34. The predicted molar refractivity (Wildman–Crippen MR) is 89.4 cm³/mol. The van der Waals surface area contributed by atoms with Gasteiger partial charge in [-0.15, -0.1) is 0 Å². The van der Waals surface area contributed by atoms with E-state index in [1.807, 2.05) is 0 Å². The van der Waals surface area contributed by atoms with Gasteiger partial charge in [-0.3, -0.25) is 0 Å². The fraction of sp³-hybridized carbons (Fsp3) is 0.333. The van der Waals surface area contributed by atoms with Crippen molar-refractivity contribution in [2.24, 2.45) is 0 Å². The van der Waals surface area contributed by atoms with Crippen molar-refractivity contribution in [1.82, 2.24) is 0 Å². The summed E-state index contributed by atoms with van der Waals surface area (Å²) in [5, 5.41) is 3.65. The molecule has 1 saturated carbocycles. The van der Waals surface area contributed by atoms with E-state index in [1.54, 1.807) is 0 Å². The second-order valence-electron chi connectivity index (χ2n) is 5.86. The predicted octanol–water partition coefficient (Wildman–Crippen LogP) is 5.42. The number of nitrogens with one attached hydrogen (secondary N) is 1. The van der Waals surface area contributed by atoms with Crippen LogP contribution in [0.5, 0.6) is 0 Å². The lowest BCUT2D eigenvalue weighted by atomic mass is 9.75. The van der Waals surface area contributed by atoms with Crippen molar-refractivity contribution >= 4 is 21.6 Å². The molecule has 1 fully saturated rings. The highest BCUT2D eigenvalue weighted by Gasteiger charge is 2.30. The first-order chi connectivity index (χ1) is 9.63. The highest BCUT2D eigenvalue weighted by atomic mass is 79.9. The van der Waals surface area contributed by atoms with Crippen molar-refractivity contribution < 1.29 is 0 Å². The normalized spacial score (nSPS) is 21.4. The summed E-state index contributed by atoms with van der Waals surface area (Å²) >= 11 is 3.67. The summed E-state index contributed by atoms with van der Waals surface area (Å²) in [6.45, 7) is 4.27. The standard InChI is InChI=1S/C18H20BrN/c1-12-6-8-14(9-7-12)15-10-16(11-15)20-17-5-3-4-13(2)18(17)19/h3-9,15-16,20H,10-11H2,1-2H3. The molecule has 1 N–H and O–H groups in total. The van der Waals surface area contributed by atoms with Crippen LogP contribution in [0.1, 0.15) is 35.4 Å². The minimum atomic E-state index is 0.597. The van der Waals surface area contributed by atoms with Crippen LogP contribution in [0.3, 0.4) is 0 Å². The Kier molecular flexibility index (Phi) is 3.84. The topological polar surface area (TPSA) is 12.0 Å². The van der Waals surface area contributed by atoms with Gasteiger partial charge in [-0.2, -0.15) is 0 Å². The van der Waals surface area contributed by atoms with E-state index in [4.69, 9.17) is 0 Å². The molecule has 0 unspecified atom stereocenters. The van der Waals surface area contributed by atoms with E-state index in [1.165, 1.54) is 39.7 Å². The van der Waals surface area contributed by atoms with Gasteiger partial charge in [0.1, 0.15) is 0 Å². The van der Waals surface area contributed by atoms with Gasteiger partial charge in [-0.05, 0) is 65.7 Å². The lowest BCUT2D eigenvalue weighted by molar-refractivity contribution is 0.374. The molecule has 20 heavy (non-hydrogen) atoms. The summed E-state index contributed by atoms with van der Waals surface area (Å²) < 4.78 is 1.19. The first-order valence-corrected chi connectivity index (χ1v) is 8.01. The van der Waals surface area contributed by atoms with Gasteiger partial charge < -0.3 is 5.32 Å². The summed E-state index contributed by atoms with van der Waals surface area (Å²) in [6, 6.07) is 16.0. The molecule has 0 spiro atoms. The maximum absolute atomic E-state index is 3.67. The number of hydrogen-bond acceptors (Lipinski definition) is 1. The fourth-order valence-electron chi connectivity index (χ4n) is 2.83. The second-order valence-corrected chi connectivity index (χ2v) is 6.65. The number of benzene rings is 2. The Morgan fingerprint density at radius 1 is 1.00 bits per heavy atom. The first-order valence-electron chi connectivity index (χ1n) is 7.21. The molecule has 104 valence electrons. The van der Waals surface area contributed by atoms with Crippen LogP contribution in [0, 0.1) is 13.8 Å². The molecular weight excluding hydrogens is 310 g/mol. The largest absolute Gasteiger partial charge is 0.381 e. The van der Waals surface area contributed by atoms with E-state index in [0.717, 1.165) is 5.92 Å². The summed E-state index contributed by atoms with van der Waals surface area (Å²) in [7, 11) is 0. The van der Waals surface area contributed by atoms with Crippen LogP contribution in [0.2, 0.25) is 0 Å². The summed E-state index contributed by atoms with van der Waals surface area (Å²) in [6.07, 6.45) is 2.45. The molecule has 0 aromatic heterocycles. The summed E-state index contributed by atoms with van der Waals surface area (Å²) in [5.74, 6) is 0.719. The molecule has 0 heterocycles. The van der Waals surface area contributed by atoms with Crippen molar-refractivity contribution in [2.75, 3.05) is 5.32 Å². The highest BCUT2D eigenvalue weighted by Crippen LogP contribution is 2.39. The van der Waals surface area contributed by atoms with Crippen LogP contribution in [0.4, 0.5) is 5.69 Å². The number of aryl methyl sites for hydroxylation is 2. The Hall–Kier alpha value is -1.28. The van der Waals surface area contributed by atoms with Crippen LogP contribution in [0.25, 0.3) is 0 Å². The lowest BCUT2D eigenvalue weighted by Gasteiger charge is -2.37. The Morgan fingerprint density at radius 2 is 1.70 bits per heavy atom. The molecular formula is C18H20BrN. The summed E-state index contributed by atoms with van der Waals surface area (Å²) in [4.78, 5) is 0. The molecule has 2 heteroatoms. The Morgan fingerprint density at radius 3 is 2.40 bits per heavy atom. The van der Waals surface area contributed by atoms with Crippen molar-refractivity contribution in [3.05, 3.63) is 63.6 Å². The molecule has 0 radical (unpaired) electrons. The van der Waals surface area contributed by atoms with Crippen LogP contribution in [-0.2, 0) is 0 Å². The van der Waals surface area contributed by atoms with Crippen LogP contribution in [-0.4, -0.2) is 6.04 Å². The van der Waals surface area contributed by atoms with Gasteiger partial charge in [-0.25, -0.2) is 0 Å². The molecule has 1 aliphatic rings. The van der Waals surface area contributed by atoms with E-state index in [-0.39, 0.29) is 0 Å². The van der Waals surface area contributed by atoms with Crippen molar-refractivity contribution in [3.63, 3.8) is 0 Å². The van der Waals surface area contributed by atoms with Gasteiger partial charge in [-0.1, -0.05) is 42.0 Å². The Balaban J connectivity index is 1.61. The molecule has 1 nitrogen and oxygen atoms in total. The molecule has 0 amide bonds. The number of anilines is 1. The average Bonchev–Trinajstić information content (AvgIpc) is 2.39. The maximum Gasteiger partial charge on any atom is 0.0489 e. The smallest absolute Gasteiger partial charge is 0.0489 e. The maximum atomic E-state index is 3.67. The average molecular weight is 330 g/mol. The number of rotatable bonds is 3. The van der Waals surface area contributed by atoms with Crippen LogP contribution < -0.4 is 5.32 Å². The molecule has 2 aromatic carbocycles. The van der Waals surface area contributed by atoms with Gasteiger partial charge >= 0.3 is 0 Å². The van der Waals surface area contributed by atoms with Gasteiger partial charge in [0.05, 0.1) is 0 Å². The minimum Gasteiger partial charge on any atom is -0.381 e. The second kappa shape index (κ2) is 5.61. The number of halogens is 1. The van der Waals surface area contributed by atoms with Crippen LogP contribution >= 0.6 is 15.9 Å². The van der Waals surface area contributed by atoms with Gasteiger partial charge in [0.25, 0.3) is 0 Å². The summed E-state index contributed by atoms with van der Waals surface area (Å²) in [5.41, 5.74) is 5.32. The molecule has 0 bridgehead atoms. The third-order valence-corrected chi connectivity index (χ3v) is 5.29. The zero-order valence-electron chi connectivity index (χ0n) is 12.0. The van der Waals surface area contributed by atoms with Crippen LogP contribution in [0.15, 0.2) is 46.9 Å². The fourth-order valence-corrected chi connectivity index (χ4v) is 3.20. The molecule has 0 saturated heterocycles. The van der Waals surface area contributed by atoms with Gasteiger partial charge in [0.2, 0.25) is 0 Å². The molecule has 0 atom stereocenters. The third-order valence-electron chi connectivity index (χ3n) is 4.24. The van der Waals surface area contributed by atoms with Crippen molar-refractivity contribution in [1.29, 1.82) is 0 Å². The monoisotopic (exact) mass is 329 g/mol. The third kappa shape index (κ3) is 2.76. The van der Waals surface area contributed by atoms with E-state index < -0.39 is 0 Å². The van der Waals surface area contributed by atoms with E-state index >= 15 is 0 Å². The number of hydrogen-bond donors (Lipinski definition) is 1. The zero-order valence-corrected chi connectivity index (χ0v) is 13.6.